The standard InChI is InChI=1S/C31H21F.C8H13BrF2O5S/c32-25-17-15-23(16-18-25)31-29-19-24-13-7-8-14-26(24)28(29)20-27(21-9-3-1-4-10-21)30(31)22-11-5-2-6-12-22;9-5-3-1-2-4-6-16-7(12)8(10,11)17(13,14)15/h1-18,20H,19H2;1-6H2,(H,13,14,15). The van der Waals surface area contributed by atoms with Gasteiger partial charge in [-0.05, 0) is 93.1 Å². The molecule has 49 heavy (non-hydrogen) atoms. The van der Waals surface area contributed by atoms with Crippen LogP contribution in [0.5, 0.6) is 0 Å². The number of hydrogen-bond acceptors (Lipinski definition) is 4. The first-order valence-corrected chi connectivity index (χ1v) is 18.3. The number of rotatable bonds is 11. The predicted octanol–water partition coefficient (Wildman–Crippen LogP) is 10.4. The van der Waals surface area contributed by atoms with E-state index in [0.717, 1.165) is 30.2 Å². The number of alkyl halides is 3. The lowest BCUT2D eigenvalue weighted by Crippen LogP contribution is -2.39. The van der Waals surface area contributed by atoms with Crippen LogP contribution < -0.4 is 0 Å². The van der Waals surface area contributed by atoms with Gasteiger partial charge in [-0.3, -0.25) is 4.55 Å². The third kappa shape index (κ3) is 8.32. The third-order valence-electron chi connectivity index (χ3n) is 8.21. The summed E-state index contributed by atoms with van der Waals surface area (Å²) in [7, 11) is -5.77. The van der Waals surface area contributed by atoms with Crippen LogP contribution in [0.1, 0.15) is 36.8 Å². The Kier molecular flexibility index (Phi) is 11.7. The molecule has 1 aliphatic carbocycles. The maximum Gasteiger partial charge on any atom is 0.465 e. The van der Waals surface area contributed by atoms with Crippen molar-refractivity contribution in [2.45, 2.75) is 37.4 Å². The second kappa shape index (κ2) is 16.0. The van der Waals surface area contributed by atoms with Crippen molar-refractivity contribution in [2.24, 2.45) is 0 Å². The van der Waals surface area contributed by atoms with E-state index >= 15 is 0 Å². The third-order valence-corrected chi connectivity index (χ3v) is 9.59. The lowest BCUT2D eigenvalue weighted by Gasteiger charge is -2.21. The summed E-state index contributed by atoms with van der Waals surface area (Å²) >= 11 is 3.21. The maximum absolute atomic E-state index is 13.9. The fraction of sp³-hybridized carbons (Fsp3) is 0.205. The Morgan fingerprint density at radius 3 is 1.92 bits per heavy atom. The van der Waals surface area contributed by atoms with Crippen molar-refractivity contribution in [3.8, 4) is 44.5 Å². The van der Waals surface area contributed by atoms with Crippen molar-refractivity contribution < 1.29 is 35.7 Å². The van der Waals surface area contributed by atoms with Crippen LogP contribution in [0, 0.1) is 5.82 Å². The zero-order chi connectivity index (χ0) is 35.0. The van der Waals surface area contributed by atoms with Crippen molar-refractivity contribution in [2.75, 3.05) is 11.9 Å². The summed E-state index contributed by atoms with van der Waals surface area (Å²) in [6, 6.07) is 39.1. The number of fused-ring (bicyclic) bond motifs is 3. The van der Waals surface area contributed by atoms with Crippen LogP contribution in [0.15, 0.2) is 115 Å². The van der Waals surface area contributed by atoms with Gasteiger partial charge in [0.15, 0.2) is 0 Å². The zero-order valence-electron chi connectivity index (χ0n) is 26.4. The van der Waals surface area contributed by atoms with Crippen LogP contribution in [0.25, 0.3) is 44.5 Å². The minimum absolute atomic E-state index is 0.214. The quantitative estimate of drug-likeness (QED) is 0.0617. The number of carbonyl (C=O) groups excluding carboxylic acids is 1. The first kappa shape index (κ1) is 36.0. The van der Waals surface area contributed by atoms with Crippen LogP contribution >= 0.6 is 15.9 Å². The van der Waals surface area contributed by atoms with Crippen molar-refractivity contribution >= 4 is 32.0 Å². The Balaban J connectivity index is 0.000000236. The van der Waals surface area contributed by atoms with E-state index in [4.69, 9.17) is 4.55 Å². The number of hydrogen-bond donors (Lipinski definition) is 1. The molecule has 0 radical (unpaired) electrons. The average molecular weight is 752 g/mol. The summed E-state index contributed by atoms with van der Waals surface area (Å²) in [5, 5.41) is -4.07. The van der Waals surface area contributed by atoms with Gasteiger partial charge in [0, 0.05) is 5.33 Å². The molecule has 1 N–H and O–H groups in total. The molecule has 0 aliphatic heterocycles. The Morgan fingerprint density at radius 2 is 1.29 bits per heavy atom. The van der Waals surface area contributed by atoms with Gasteiger partial charge in [0.05, 0.1) is 6.61 Å². The van der Waals surface area contributed by atoms with Gasteiger partial charge < -0.3 is 4.74 Å². The zero-order valence-corrected chi connectivity index (χ0v) is 28.8. The molecule has 1 aliphatic rings. The highest BCUT2D eigenvalue weighted by molar-refractivity contribution is 9.09. The van der Waals surface area contributed by atoms with E-state index in [1.54, 1.807) is 12.1 Å². The number of esters is 1. The average Bonchev–Trinajstić information content (AvgIpc) is 3.48. The molecule has 0 bridgehead atoms. The summed E-state index contributed by atoms with van der Waals surface area (Å²) in [5.74, 6) is -2.46. The second-order valence-electron chi connectivity index (χ2n) is 11.5. The summed E-state index contributed by atoms with van der Waals surface area (Å²) in [4.78, 5) is 10.7. The van der Waals surface area contributed by atoms with E-state index in [1.807, 2.05) is 18.2 Å². The number of unbranched alkanes of at least 4 members (excludes halogenated alkanes) is 3. The molecule has 10 heteroatoms. The number of benzene rings is 5. The smallest absolute Gasteiger partial charge is 0.460 e. The van der Waals surface area contributed by atoms with Gasteiger partial charge in [0.2, 0.25) is 0 Å². The SMILES string of the molecule is Fc1ccc(-c2c3c(cc(-c4ccccc4)c2-c2ccccc2)-c2ccccc2C3)cc1.O=C(OCCCCCCBr)C(F)(F)S(=O)(=O)O. The Morgan fingerprint density at radius 1 is 0.714 bits per heavy atom. The van der Waals surface area contributed by atoms with Crippen molar-refractivity contribution in [1.29, 1.82) is 0 Å². The molecule has 0 amide bonds. The van der Waals surface area contributed by atoms with Crippen LogP contribution in [-0.2, 0) is 26.1 Å². The fourth-order valence-electron chi connectivity index (χ4n) is 5.86. The van der Waals surface area contributed by atoms with Crippen LogP contribution in [0.4, 0.5) is 13.2 Å². The number of carbonyl (C=O) groups is 1. The molecular formula is C39H34BrF3O5S. The Hall–Kier alpha value is -4.25. The minimum Gasteiger partial charge on any atom is -0.460 e. The molecule has 0 heterocycles. The van der Waals surface area contributed by atoms with Crippen LogP contribution in [0.3, 0.4) is 0 Å². The molecule has 0 fully saturated rings. The Bertz CT molecular complexity index is 2000. The molecule has 0 aromatic heterocycles. The molecular weight excluding hydrogens is 717 g/mol. The van der Waals surface area contributed by atoms with Crippen molar-refractivity contribution in [3.63, 3.8) is 0 Å². The van der Waals surface area contributed by atoms with E-state index in [1.165, 1.54) is 50.1 Å². The first-order chi connectivity index (χ1) is 23.5. The van der Waals surface area contributed by atoms with E-state index in [9.17, 15) is 26.4 Å². The second-order valence-corrected chi connectivity index (χ2v) is 13.8. The van der Waals surface area contributed by atoms with E-state index < -0.39 is 21.3 Å². The van der Waals surface area contributed by atoms with Gasteiger partial charge in [-0.2, -0.15) is 17.2 Å². The molecule has 0 saturated carbocycles. The van der Waals surface area contributed by atoms with Crippen LogP contribution in [0.2, 0.25) is 0 Å². The fourth-order valence-corrected chi connectivity index (χ4v) is 6.53. The first-order valence-electron chi connectivity index (χ1n) is 15.8. The van der Waals surface area contributed by atoms with Gasteiger partial charge in [-0.1, -0.05) is 126 Å². The van der Waals surface area contributed by atoms with Crippen molar-refractivity contribution in [1.82, 2.24) is 0 Å². The summed E-state index contributed by atoms with van der Waals surface area (Å²) in [6.45, 7) is -0.299. The Labute approximate surface area is 292 Å². The molecule has 5 aromatic rings. The number of ether oxygens (including phenoxy) is 1. The van der Waals surface area contributed by atoms with E-state index in [-0.39, 0.29) is 12.4 Å². The lowest BCUT2D eigenvalue weighted by atomic mass is 9.82. The number of halogens is 4. The molecule has 0 saturated heterocycles. The molecule has 254 valence electrons. The minimum atomic E-state index is -5.77. The maximum atomic E-state index is 13.9. The molecule has 0 unspecified atom stereocenters. The molecule has 6 rings (SSSR count). The van der Waals surface area contributed by atoms with Gasteiger partial charge in [0.1, 0.15) is 5.82 Å². The highest BCUT2D eigenvalue weighted by Gasteiger charge is 2.54. The molecule has 5 nitrogen and oxygen atoms in total. The normalized spacial score (nSPS) is 12.0. The van der Waals surface area contributed by atoms with E-state index in [2.05, 4.69) is 106 Å². The van der Waals surface area contributed by atoms with Gasteiger partial charge in [0.25, 0.3) is 0 Å². The largest absolute Gasteiger partial charge is 0.465 e. The van der Waals surface area contributed by atoms with Crippen LogP contribution in [-0.4, -0.2) is 36.1 Å². The van der Waals surface area contributed by atoms with E-state index in [0.29, 0.717) is 12.8 Å². The summed E-state index contributed by atoms with van der Waals surface area (Å²) in [5.41, 5.74) is 12.2. The van der Waals surface area contributed by atoms with Gasteiger partial charge in [-0.15, -0.1) is 0 Å². The van der Waals surface area contributed by atoms with Crippen molar-refractivity contribution in [3.05, 3.63) is 132 Å². The highest BCUT2D eigenvalue weighted by Crippen LogP contribution is 2.50. The lowest BCUT2D eigenvalue weighted by molar-refractivity contribution is -0.161. The molecule has 0 atom stereocenters. The molecule has 5 aromatic carbocycles. The highest BCUT2D eigenvalue weighted by atomic mass is 79.9. The predicted molar refractivity (Wildman–Crippen MR) is 191 cm³/mol. The summed E-state index contributed by atoms with van der Waals surface area (Å²) < 4.78 is 71.6. The topological polar surface area (TPSA) is 80.7 Å². The van der Waals surface area contributed by atoms with Gasteiger partial charge >= 0.3 is 21.3 Å². The molecule has 0 spiro atoms. The monoisotopic (exact) mass is 750 g/mol. The summed E-state index contributed by atoms with van der Waals surface area (Å²) in [6.07, 6.45) is 3.68. The van der Waals surface area contributed by atoms with Gasteiger partial charge in [-0.25, -0.2) is 9.18 Å².